The molecule has 1 amide bonds. The van der Waals surface area contributed by atoms with Crippen LogP contribution in [0.4, 0.5) is 5.13 Å². The molecule has 112 valence electrons. The van der Waals surface area contributed by atoms with Crippen LogP contribution in [-0.4, -0.2) is 16.1 Å². The monoisotopic (exact) mass is 321 g/mol. The number of aryl methyl sites for hydroxylation is 1. The zero-order chi connectivity index (χ0) is 15.2. The minimum Gasteiger partial charge on any atom is -0.300 e. The van der Waals surface area contributed by atoms with Crippen molar-refractivity contribution in [3.8, 4) is 0 Å². The second-order valence-corrected chi connectivity index (χ2v) is 7.43. The highest BCUT2D eigenvalue weighted by Gasteiger charge is 2.10. The lowest BCUT2D eigenvalue weighted by atomic mass is 10.1. The van der Waals surface area contributed by atoms with E-state index in [4.69, 9.17) is 0 Å². The summed E-state index contributed by atoms with van der Waals surface area (Å²) in [6.45, 7) is 6.14. The SMILES string of the molecule is Cc1ccccc1CSc1nnc(NC(=O)CC(C)C)s1. The highest BCUT2D eigenvalue weighted by Crippen LogP contribution is 2.29. The van der Waals surface area contributed by atoms with Gasteiger partial charge in [-0.15, -0.1) is 10.2 Å². The summed E-state index contributed by atoms with van der Waals surface area (Å²) in [7, 11) is 0. The molecule has 1 N–H and O–H groups in total. The molecule has 1 heterocycles. The number of carbonyl (C=O) groups excluding carboxylic acids is 1. The average molecular weight is 321 g/mol. The molecule has 0 saturated heterocycles. The molecule has 0 spiro atoms. The van der Waals surface area contributed by atoms with E-state index in [0.29, 0.717) is 17.5 Å². The first-order valence-corrected chi connectivity index (χ1v) is 8.65. The zero-order valence-electron chi connectivity index (χ0n) is 12.4. The number of rotatable bonds is 6. The van der Waals surface area contributed by atoms with Crippen molar-refractivity contribution in [1.82, 2.24) is 10.2 Å². The van der Waals surface area contributed by atoms with Crippen molar-refractivity contribution in [2.45, 2.75) is 37.3 Å². The van der Waals surface area contributed by atoms with E-state index in [-0.39, 0.29) is 5.91 Å². The van der Waals surface area contributed by atoms with Crippen molar-refractivity contribution >= 4 is 34.1 Å². The number of thioether (sulfide) groups is 1. The molecule has 21 heavy (non-hydrogen) atoms. The van der Waals surface area contributed by atoms with Crippen LogP contribution in [0.15, 0.2) is 28.6 Å². The molecule has 0 fully saturated rings. The van der Waals surface area contributed by atoms with Gasteiger partial charge in [-0.05, 0) is 24.0 Å². The third-order valence-corrected chi connectivity index (χ3v) is 4.88. The van der Waals surface area contributed by atoms with E-state index in [1.807, 2.05) is 26.0 Å². The maximum absolute atomic E-state index is 11.7. The Balaban J connectivity index is 1.89. The highest BCUT2D eigenvalue weighted by molar-refractivity contribution is 8.00. The Labute approximate surface area is 133 Å². The smallest absolute Gasteiger partial charge is 0.226 e. The van der Waals surface area contributed by atoms with Crippen LogP contribution in [0, 0.1) is 12.8 Å². The maximum atomic E-state index is 11.7. The average Bonchev–Trinajstić information content (AvgIpc) is 2.84. The van der Waals surface area contributed by atoms with Crippen molar-refractivity contribution in [3.63, 3.8) is 0 Å². The fraction of sp³-hybridized carbons (Fsp3) is 0.400. The first-order valence-electron chi connectivity index (χ1n) is 6.85. The summed E-state index contributed by atoms with van der Waals surface area (Å²) in [5.41, 5.74) is 2.57. The van der Waals surface area contributed by atoms with E-state index in [2.05, 4.69) is 34.6 Å². The van der Waals surface area contributed by atoms with Crippen LogP contribution in [0.1, 0.15) is 31.4 Å². The van der Waals surface area contributed by atoms with E-state index >= 15 is 0 Å². The lowest BCUT2D eigenvalue weighted by Gasteiger charge is -2.03. The van der Waals surface area contributed by atoms with Crippen molar-refractivity contribution in [2.24, 2.45) is 5.92 Å². The number of hydrogen-bond donors (Lipinski definition) is 1. The van der Waals surface area contributed by atoms with Gasteiger partial charge in [0.15, 0.2) is 4.34 Å². The summed E-state index contributed by atoms with van der Waals surface area (Å²) in [5.74, 6) is 1.20. The normalized spacial score (nSPS) is 10.9. The number of benzene rings is 1. The number of aromatic nitrogens is 2. The van der Waals surface area contributed by atoms with Crippen LogP contribution in [0.2, 0.25) is 0 Å². The molecule has 4 nitrogen and oxygen atoms in total. The van der Waals surface area contributed by atoms with Gasteiger partial charge in [0.05, 0.1) is 0 Å². The van der Waals surface area contributed by atoms with Gasteiger partial charge in [-0.2, -0.15) is 0 Å². The fourth-order valence-corrected chi connectivity index (χ4v) is 3.62. The van der Waals surface area contributed by atoms with Crippen molar-refractivity contribution < 1.29 is 4.79 Å². The van der Waals surface area contributed by atoms with Gasteiger partial charge < -0.3 is 5.32 Å². The summed E-state index contributed by atoms with van der Waals surface area (Å²) in [6, 6.07) is 8.31. The Morgan fingerprint density at radius 1 is 1.33 bits per heavy atom. The van der Waals surface area contributed by atoms with E-state index in [0.717, 1.165) is 10.1 Å². The van der Waals surface area contributed by atoms with Gasteiger partial charge in [0.2, 0.25) is 11.0 Å². The van der Waals surface area contributed by atoms with Gasteiger partial charge in [0.1, 0.15) is 0 Å². The highest BCUT2D eigenvalue weighted by atomic mass is 32.2. The zero-order valence-corrected chi connectivity index (χ0v) is 14.1. The van der Waals surface area contributed by atoms with Gasteiger partial charge in [-0.25, -0.2) is 0 Å². The van der Waals surface area contributed by atoms with Crippen LogP contribution < -0.4 is 5.32 Å². The maximum Gasteiger partial charge on any atom is 0.226 e. The quantitative estimate of drug-likeness (QED) is 0.642. The van der Waals surface area contributed by atoms with E-state index in [1.54, 1.807) is 11.8 Å². The van der Waals surface area contributed by atoms with Crippen LogP contribution in [0.5, 0.6) is 0 Å². The predicted octanol–water partition coefficient (Wildman–Crippen LogP) is 4.12. The topological polar surface area (TPSA) is 54.9 Å². The summed E-state index contributed by atoms with van der Waals surface area (Å²) in [5, 5.41) is 11.5. The molecule has 0 aliphatic rings. The second-order valence-electron chi connectivity index (χ2n) is 5.23. The number of nitrogens with one attached hydrogen (secondary N) is 1. The molecular weight excluding hydrogens is 302 g/mol. The molecule has 0 aliphatic heterocycles. The van der Waals surface area contributed by atoms with Crippen LogP contribution in [-0.2, 0) is 10.5 Å². The van der Waals surface area contributed by atoms with Crippen LogP contribution >= 0.6 is 23.1 Å². The molecule has 0 atom stereocenters. The molecule has 0 aliphatic carbocycles. The predicted molar refractivity (Wildman–Crippen MR) is 88.7 cm³/mol. The minimum absolute atomic E-state index is 0.00314. The summed E-state index contributed by atoms with van der Waals surface area (Å²) < 4.78 is 0.873. The van der Waals surface area contributed by atoms with Crippen LogP contribution in [0.25, 0.3) is 0 Å². The van der Waals surface area contributed by atoms with Crippen molar-refractivity contribution in [3.05, 3.63) is 35.4 Å². The molecule has 6 heteroatoms. The van der Waals surface area contributed by atoms with Crippen LogP contribution in [0.3, 0.4) is 0 Å². The number of carbonyl (C=O) groups is 1. The lowest BCUT2D eigenvalue weighted by molar-refractivity contribution is -0.116. The first-order chi connectivity index (χ1) is 10.0. The molecule has 2 aromatic rings. The summed E-state index contributed by atoms with van der Waals surface area (Å²) in [6.07, 6.45) is 0.505. The standard InChI is InChI=1S/C15H19N3OS2/c1-10(2)8-13(19)16-14-17-18-15(21-14)20-9-12-7-5-4-6-11(12)3/h4-7,10H,8-9H2,1-3H3,(H,16,17,19). The molecule has 1 aromatic carbocycles. The molecular formula is C15H19N3OS2. The van der Waals surface area contributed by atoms with Gasteiger partial charge in [0.25, 0.3) is 0 Å². The Morgan fingerprint density at radius 3 is 2.81 bits per heavy atom. The Morgan fingerprint density at radius 2 is 2.10 bits per heavy atom. The number of anilines is 1. The van der Waals surface area contributed by atoms with Crippen molar-refractivity contribution in [1.29, 1.82) is 0 Å². The molecule has 0 bridgehead atoms. The van der Waals surface area contributed by atoms with Gasteiger partial charge >= 0.3 is 0 Å². The minimum atomic E-state index is -0.00314. The molecule has 0 saturated carbocycles. The number of nitrogens with zero attached hydrogens (tertiary/aromatic N) is 2. The summed E-state index contributed by atoms with van der Waals surface area (Å²) in [4.78, 5) is 11.7. The largest absolute Gasteiger partial charge is 0.300 e. The van der Waals surface area contributed by atoms with E-state index < -0.39 is 0 Å². The Bertz CT molecular complexity index is 610. The van der Waals surface area contributed by atoms with E-state index in [1.165, 1.54) is 22.5 Å². The molecule has 2 rings (SSSR count). The number of hydrogen-bond acceptors (Lipinski definition) is 5. The Hall–Kier alpha value is -1.40. The number of amides is 1. The lowest BCUT2D eigenvalue weighted by Crippen LogP contribution is -2.13. The fourth-order valence-electron chi connectivity index (χ4n) is 1.77. The van der Waals surface area contributed by atoms with Gasteiger partial charge in [0, 0.05) is 12.2 Å². The first kappa shape index (κ1) is 16.0. The third-order valence-electron chi connectivity index (χ3n) is 2.86. The van der Waals surface area contributed by atoms with Crippen molar-refractivity contribution in [2.75, 3.05) is 5.32 Å². The van der Waals surface area contributed by atoms with E-state index in [9.17, 15) is 4.79 Å². The second kappa shape index (κ2) is 7.56. The molecule has 1 aromatic heterocycles. The van der Waals surface area contributed by atoms with Gasteiger partial charge in [-0.1, -0.05) is 61.2 Å². The Kier molecular flexibility index (Phi) is 5.76. The molecule has 0 radical (unpaired) electrons. The van der Waals surface area contributed by atoms with Gasteiger partial charge in [-0.3, -0.25) is 4.79 Å². The summed E-state index contributed by atoms with van der Waals surface area (Å²) >= 11 is 3.07. The molecule has 0 unspecified atom stereocenters. The third kappa shape index (κ3) is 5.13.